The van der Waals surface area contributed by atoms with Crippen molar-refractivity contribution in [2.24, 2.45) is 0 Å². The van der Waals surface area contributed by atoms with Gasteiger partial charge in [-0.15, -0.1) is 0 Å². The van der Waals surface area contributed by atoms with Crippen LogP contribution in [0.5, 0.6) is 0 Å². The number of hydrogen-bond acceptors (Lipinski definition) is 5. The van der Waals surface area contributed by atoms with Gasteiger partial charge in [-0.3, -0.25) is 4.72 Å². The van der Waals surface area contributed by atoms with E-state index in [-0.39, 0.29) is 22.9 Å². The van der Waals surface area contributed by atoms with Crippen LogP contribution in [-0.4, -0.2) is 32.2 Å². The van der Waals surface area contributed by atoms with Crippen LogP contribution in [0.1, 0.15) is 17.3 Å². The lowest BCUT2D eigenvalue weighted by molar-refractivity contribution is 0.0698. The number of carbonyl (C=O) groups excluding carboxylic acids is 1. The van der Waals surface area contributed by atoms with Gasteiger partial charge in [-0.1, -0.05) is 11.6 Å². The van der Waals surface area contributed by atoms with Crippen LogP contribution in [0.3, 0.4) is 0 Å². The monoisotopic (exact) mass is 322 g/mol. The molecule has 0 fully saturated rings. The van der Waals surface area contributed by atoms with Crippen LogP contribution in [0.25, 0.3) is 0 Å². The molecule has 0 heterocycles. The van der Waals surface area contributed by atoms with Gasteiger partial charge >= 0.3 is 22.3 Å². The first-order valence-electron chi connectivity index (χ1n) is 5.25. The summed E-state index contributed by atoms with van der Waals surface area (Å²) in [5.74, 6) is -1.37. The smallest absolute Gasteiger partial charge is 0.422 e. The first-order chi connectivity index (χ1) is 9.25. The summed E-state index contributed by atoms with van der Waals surface area (Å²) in [4.78, 5) is 22.0. The standard InChI is InChI=1S/C10H11ClN2O6S/c1-2-19-10(16)13-20(17,18)12-8-4-3-6(11)5-7(8)9(14)15/h3-5,12H,2H2,1H3,(H,13,16)(H,14,15). The van der Waals surface area contributed by atoms with Crippen molar-refractivity contribution in [1.82, 2.24) is 4.72 Å². The highest BCUT2D eigenvalue weighted by molar-refractivity contribution is 7.91. The zero-order valence-corrected chi connectivity index (χ0v) is 11.8. The summed E-state index contributed by atoms with van der Waals surface area (Å²) in [6.45, 7) is 1.49. The number of aromatic carboxylic acids is 1. The number of carbonyl (C=O) groups is 2. The summed E-state index contributed by atoms with van der Waals surface area (Å²) < 4.78 is 31.1. The Bertz CT molecular complexity index is 631. The number of amides is 1. The van der Waals surface area contributed by atoms with Gasteiger partial charge in [0.25, 0.3) is 0 Å². The molecule has 0 saturated carbocycles. The van der Waals surface area contributed by atoms with Crippen molar-refractivity contribution in [2.75, 3.05) is 11.3 Å². The van der Waals surface area contributed by atoms with Gasteiger partial charge in [0, 0.05) is 5.02 Å². The van der Waals surface area contributed by atoms with Gasteiger partial charge in [0.1, 0.15) is 0 Å². The minimum atomic E-state index is -4.31. The van der Waals surface area contributed by atoms with Gasteiger partial charge < -0.3 is 9.84 Å². The van der Waals surface area contributed by atoms with Crippen molar-refractivity contribution in [1.29, 1.82) is 0 Å². The summed E-state index contributed by atoms with van der Waals surface area (Å²) in [6, 6.07) is 3.54. The third-order valence-electron chi connectivity index (χ3n) is 1.95. The average molecular weight is 323 g/mol. The van der Waals surface area contributed by atoms with E-state index in [4.69, 9.17) is 16.7 Å². The molecule has 3 N–H and O–H groups in total. The van der Waals surface area contributed by atoms with Gasteiger partial charge in [0.15, 0.2) is 0 Å². The molecule has 0 aliphatic heterocycles. The second-order valence-electron chi connectivity index (χ2n) is 3.42. The number of anilines is 1. The van der Waals surface area contributed by atoms with Gasteiger partial charge in [-0.25, -0.2) is 14.3 Å². The Hall–Kier alpha value is -2.00. The van der Waals surface area contributed by atoms with Crippen molar-refractivity contribution < 1.29 is 27.9 Å². The van der Waals surface area contributed by atoms with Gasteiger partial charge in [0.05, 0.1) is 17.9 Å². The summed E-state index contributed by atoms with van der Waals surface area (Å²) in [5, 5.41) is 9.08. The number of benzene rings is 1. The van der Waals surface area contributed by atoms with Crippen LogP contribution in [-0.2, 0) is 14.9 Å². The van der Waals surface area contributed by atoms with Crippen molar-refractivity contribution in [3.63, 3.8) is 0 Å². The molecule has 1 rings (SSSR count). The molecule has 0 radical (unpaired) electrons. The highest BCUT2D eigenvalue weighted by atomic mass is 35.5. The molecule has 8 nitrogen and oxygen atoms in total. The third kappa shape index (κ3) is 4.59. The highest BCUT2D eigenvalue weighted by Gasteiger charge is 2.19. The van der Waals surface area contributed by atoms with E-state index in [1.807, 2.05) is 4.72 Å². The lowest BCUT2D eigenvalue weighted by atomic mass is 10.2. The molecule has 0 aliphatic rings. The van der Waals surface area contributed by atoms with E-state index in [0.717, 1.165) is 12.1 Å². The number of ether oxygens (including phenoxy) is 1. The maximum atomic E-state index is 11.6. The second-order valence-corrected chi connectivity index (χ2v) is 5.27. The number of halogens is 1. The first kappa shape index (κ1) is 16.1. The number of rotatable bonds is 5. The molecule has 10 heteroatoms. The van der Waals surface area contributed by atoms with Crippen LogP contribution < -0.4 is 9.44 Å². The predicted molar refractivity (Wildman–Crippen MR) is 71.1 cm³/mol. The fraction of sp³-hybridized carbons (Fsp3) is 0.200. The van der Waals surface area contributed by atoms with Gasteiger partial charge in [-0.2, -0.15) is 8.42 Å². The van der Waals surface area contributed by atoms with Crippen LogP contribution in [0.15, 0.2) is 18.2 Å². The van der Waals surface area contributed by atoms with E-state index in [1.165, 1.54) is 13.0 Å². The zero-order chi connectivity index (χ0) is 15.3. The molecule has 0 aromatic heterocycles. The van der Waals surface area contributed by atoms with Crippen molar-refractivity contribution >= 4 is 39.6 Å². The normalized spacial score (nSPS) is 10.7. The largest absolute Gasteiger partial charge is 0.478 e. The molecule has 20 heavy (non-hydrogen) atoms. The van der Waals surface area contributed by atoms with E-state index in [1.54, 1.807) is 4.72 Å². The predicted octanol–water partition coefficient (Wildman–Crippen LogP) is 1.44. The first-order valence-corrected chi connectivity index (χ1v) is 7.11. The Balaban J connectivity index is 2.98. The highest BCUT2D eigenvalue weighted by Crippen LogP contribution is 2.21. The van der Waals surface area contributed by atoms with E-state index in [0.29, 0.717) is 0 Å². The number of nitrogens with one attached hydrogen (secondary N) is 2. The fourth-order valence-electron chi connectivity index (χ4n) is 1.22. The molecule has 0 atom stereocenters. The summed E-state index contributed by atoms with van der Waals surface area (Å²) in [5.41, 5.74) is -0.592. The van der Waals surface area contributed by atoms with Crippen LogP contribution in [0.2, 0.25) is 5.02 Å². The van der Waals surface area contributed by atoms with Crippen molar-refractivity contribution in [3.05, 3.63) is 28.8 Å². The quantitative estimate of drug-likeness (QED) is 0.754. The lowest BCUT2D eigenvalue weighted by Crippen LogP contribution is -2.36. The summed E-state index contributed by atoms with van der Waals surface area (Å²) in [7, 11) is -4.31. The third-order valence-corrected chi connectivity index (χ3v) is 3.11. The molecule has 1 amide bonds. The molecular formula is C10H11ClN2O6S. The van der Waals surface area contributed by atoms with Crippen LogP contribution >= 0.6 is 11.6 Å². The van der Waals surface area contributed by atoms with E-state index >= 15 is 0 Å². The Labute approximate surface area is 119 Å². The Kier molecular flexibility index (Phi) is 5.17. The Morgan fingerprint density at radius 2 is 2.05 bits per heavy atom. The maximum Gasteiger partial charge on any atom is 0.422 e. The Morgan fingerprint density at radius 1 is 1.40 bits per heavy atom. The van der Waals surface area contributed by atoms with Gasteiger partial charge in [-0.05, 0) is 25.1 Å². The van der Waals surface area contributed by atoms with E-state index in [9.17, 15) is 18.0 Å². The molecule has 0 unspecified atom stereocenters. The van der Waals surface area contributed by atoms with Crippen molar-refractivity contribution in [2.45, 2.75) is 6.92 Å². The maximum absolute atomic E-state index is 11.6. The number of carboxylic acids is 1. The second kappa shape index (κ2) is 6.44. The summed E-state index contributed by atoms with van der Waals surface area (Å²) in [6.07, 6.45) is -1.18. The van der Waals surface area contributed by atoms with Gasteiger partial charge in [0.2, 0.25) is 0 Å². The molecule has 1 aromatic carbocycles. The molecule has 0 bridgehead atoms. The van der Waals surface area contributed by atoms with E-state index in [2.05, 4.69) is 4.74 Å². The van der Waals surface area contributed by atoms with Crippen LogP contribution in [0, 0.1) is 0 Å². The molecule has 110 valence electrons. The molecular weight excluding hydrogens is 312 g/mol. The molecule has 1 aromatic rings. The number of carboxylic acid groups (broad SMARTS) is 1. The zero-order valence-electron chi connectivity index (χ0n) is 10.2. The SMILES string of the molecule is CCOC(=O)NS(=O)(=O)Nc1ccc(Cl)cc1C(=O)O. The number of hydrogen-bond donors (Lipinski definition) is 3. The fourth-order valence-corrected chi connectivity index (χ4v) is 2.19. The van der Waals surface area contributed by atoms with Crippen LogP contribution in [0.4, 0.5) is 10.5 Å². The summed E-state index contributed by atoms with van der Waals surface area (Å²) >= 11 is 5.63. The minimum Gasteiger partial charge on any atom is -0.478 e. The average Bonchev–Trinajstić information content (AvgIpc) is 2.30. The van der Waals surface area contributed by atoms with E-state index < -0.39 is 22.3 Å². The topological polar surface area (TPSA) is 122 Å². The Morgan fingerprint density at radius 3 is 2.60 bits per heavy atom. The lowest BCUT2D eigenvalue weighted by Gasteiger charge is -2.11. The molecule has 0 aliphatic carbocycles. The minimum absolute atomic E-state index is 0.0112. The molecule has 0 spiro atoms. The molecule has 0 saturated heterocycles. The van der Waals surface area contributed by atoms with Crippen molar-refractivity contribution in [3.8, 4) is 0 Å².